The predicted octanol–water partition coefficient (Wildman–Crippen LogP) is 18.9. The van der Waals surface area contributed by atoms with Crippen LogP contribution in [0, 0.1) is 11.8 Å². The van der Waals surface area contributed by atoms with Crippen molar-refractivity contribution in [3.05, 3.63) is 0 Å². The highest BCUT2D eigenvalue weighted by Crippen LogP contribution is 2.18. The maximum absolute atomic E-state index is 12.8. The second-order valence-electron chi connectivity index (χ2n) is 20.9. The number of unbranched alkanes of at least 4 members (excludes halogenated alkanes) is 37. The summed E-state index contributed by atoms with van der Waals surface area (Å²) in [5.41, 5.74) is 0. The Morgan fingerprint density at radius 3 is 0.766 bits per heavy atom. The molecule has 0 heterocycles. The summed E-state index contributed by atoms with van der Waals surface area (Å²) in [5, 5.41) is 0. The molecule has 0 amide bonds. The van der Waals surface area contributed by atoms with Crippen LogP contribution in [-0.4, -0.2) is 37.2 Å². The van der Waals surface area contributed by atoms with Gasteiger partial charge in [0.2, 0.25) is 0 Å². The van der Waals surface area contributed by atoms with Crippen LogP contribution >= 0.6 is 0 Å². The summed E-state index contributed by atoms with van der Waals surface area (Å²) in [5.74, 6) is 0.823. The van der Waals surface area contributed by atoms with Gasteiger partial charge in [-0.1, -0.05) is 285 Å². The second-order valence-corrected chi connectivity index (χ2v) is 20.9. The Morgan fingerprint density at radius 1 is 0.297 bits per heavy atom. The predicted molar refractivity (Wildman–Crippen MR) is 275 cm³/mol. The van der Waals surface area contributed by atoms with Gasteiger partial charge in [0.15, 0.2) is 6.10 Å². The number of ether oxygens (including phenoxy) is 3. The van der Waals surface area contributed by atoms with Crippen molar-refractivity contribution in [2.45, 2.75) is 330 Å². The van der Waals surface area contributed by atoms with Crippen molar-refractivity contribution in [2.24, 2.45) is 11.8 Å². The molecule has 0 saturated heterocycles. The van der Waals surface area contributed by atoms with Crippen molar-refractivity contribution in [3.63, 3.8) is 0 Å². The third kappa shape index (κ3) is 51.4. The molecule has 0 unspecified atom stereocenters. The van der Waals surface area contributed by atoms with Crippen LogP contribution in [0.5, 0.6) is 0 Å². The van der Waals surface area contributed by atoms with Crippen molar-refractivity contribution in [3.8, 4) is 0 Å². The Bertz CT molecular complexity index is 978. The molecular weight excluding hydrogens is 793 g/mol. The molecule has 1 atom stereocenters. The third-order valence-corrected chi connectivity index (χ3v) is 13.2. The number of hydrogen-bond donors (Lipinski definition) is 0. The SMILES string of the molecule is CCCCCCCCCCCCCCCC(=O)OC[C@H](COC(=O)CCCCCCCCCCCCCCCCCCCCC(C)C)OC(=O)CCCCCCCCCCCC(C)C. The molecule has 0 radical (unpaired) electrons. The Balaban J connectivity index is 4.22. The number of carbonyl (C=O) groups excluding carboxylic acids is 3. The van der Waals surface area contributed by atoms with Crippen LogP contribution in [0.25, 0.3) is 0 Å². The molecule has 0 aromatic carbocycles. The summed E-state index contributed by atoms with van der Waals surface area (Å²) in [4.78, 5) is 38.1. The normalized spacial score (nSPS) is 12.0. The molecule has 380 valence electrons. The van der Waals surface area contributed by atoms with E-state index < -0.39 is 6.10 Å². The van der Waals surface area contributed by atoms with Crippen molar-refractivity contribution >= 4 is 17.9 Å². The molecule has 6 heteroatoms. The first-order valence-corrected chi connectivity index (χ1v) is 28.7. The van der Waals surface area contributed by atoms with Crippen LogP contribution < -0.4 is 0 Å². The van der Waals surface area contributed by atoms with Crippen LogP contribution in [0.15, 0.2) is 0 Å². The van der Waals surface area contributed by atoms with E-state index in [1.165, 1.54) is 212 Å². The van der Waals surface area contributed by atoms with Gasteiger partial charge >= 0.3 is 17.9 Å². The molecule has 0 bridgehead atoms. The monoisotopic (exact) mass is 905 g/mol. The zero-order valence-electron chi connectivity index (χ0n) is 43.9. The summed E-state index contributed by atoms with van der Waals surface area (Å²) >= 11 is 0. The summed E-state index contributed by atoms with van der Waals surface area (Å²) in [6.45, 7) is 11.4. The molecule has 0 aromatic heterocycles. The number of rotatable bonds is 52. The van der Waals surface area contributed by atoms with Gasteiger partial charge in [-0.2, -0.15) is 0 Å². The number of carbonyl (C=O) groups is 3. The van der Waals surface area contributed by atoms with E-state index >= 15 is 0 Å². The summed E-state index contributed by atoms with van der Waals surface area (Å²) in [7, 11) is 0. The molecule has 0 spiro atoms. The van der Waals surface area contributed by atoms with E-state index in [9.17, 15) is 14.4 Å². The number of esters is 3. The Morgan fingerprint density at radius 2 is 0.516 bits per heavy atom. The van der Waals surface area contributed by atoms with Gasteiger partial charge in [-0.05, 0) is 31.1 Å². The van der Waals surface area contributed by atoms with E-state index in [2.05, 4.69) is 34.6 Å². The standard InChI is InChI=1S/C58H112O6/c1-6-7-8-9-10-11-12-19-23-28-33-38-43-48-56(59)62-51-55(64-58(61)50-45-40-35-30-25-27-32-37-42-47-54(4)5)52-63-57(60)49-44-39-34-29-24-21-18-16-14-13-15-17-20-22-26-31-36-41-46-53(2)3/h53-55H,6-52H2,1-5H3/t55-/m1/s1. The number of hydrogen-bond acceptors (Lipinski definition) is 6. The minimum Gasteiger partial charge on any atom is -0.462 e. The lowest BCUT2D eigenvalue weighted by Gasteiger charge is -2.18. The zero-order chi connectivity index (χ0) is 46.8. The highest BCUT2D eigenvalue weighted by molar-refractivity contribution is 5.71. The van der Waals surface area contributed by atoms with Crippen LogP contribution in [0.1, 0.15) is 324 Å². The van der Waals surface area contributed by atoms with Crippen molar-refractivity contribution in [2.75, 3.05) is 13.2 Å². The zero-order valence-corrected chi connectivity index (χ0v) is 43.9. The van der Waals surface area contributed by atoms with E-state index in [-0.39, 0.29) is 31.1 Å². The topological polar surface area (TPSA) is 78.9 Å². The van der Waals surface area contributed by atoms with Crippen LogP contribution in [-0.2, 0) is 28.6 Å². The molecule has 0 saturated carbocycles. The van der Waals surface area contributed by atoms with E-state index in [0.29, 0.717) is 19.3 Å². The maximum Gasteiger partial charge on any atom is 0.306 e. The van der Waals surface area contributed by atoms with Gasteiger partial charge in [0.25, 0.3) is 0 Å². The van der Waals surface area contributed by atoms with Crippen LogP contribution in [0.3, 0.4) is 0 Å². The van der Waals surface area contributed by atoms with Crippen LogP contribution in [0.4, 0.5) is 0 Å². The molecule has 0 aliphatic heterocycles. The molecule has 0 N–H and O–H groups in total. The second kappa shape index (κ2) is 50.8. The average molecular weight is 906 g/mol. The first-order valence-electron chi connectivity index (χ1n) is 28.7. The highest BCUT2D eigenvalue weighted by Gasteiger charge is 2.19. The molecule has 64 heavy (non-hydrogen) atoms. The largest absolute Gasteiger partial charge is 0.462 e. The highest BCUT2D eigenvalue weighted by atomic mass is 16.6. The van der Waals surface area contributed by atoms with Gasteiger partial charge in [-0.25, -0.2) is 0 Å². The van der Waals surface area contributed by atoms with Gasteiger partial charge in [-0.15, -0.1) is 0 Å². The van der Waals surface area contributed by atoms with Crippen LogP contribution in [0.2, 0.25) is 0 Å². The Labute approximate surface area is 399 Å². The molecule has 0 aliphatic carbocycles. The summed E-state index contributed by atoms with van der Waals surface area (Å²) in [6.07, 6.45) is 53.9. The lowest BCUT2D eigenvalue weighted by atomic mass is 10.0. The van der Waals surface area contributed by atoms with Crippen molar-refractivity contribution < 1.29 is 28.6 Å². The smallest absolute Gasteiger partial charge is 0.306 e. The fourth-order valence-electron chi connectivity index (χ4n) is 8.87. The fraction of sp³-hybridized carbons (Fsp3) is 0.948. The van der Waals surface area contributed by atoms with Gasteiger partial charge in [0.1, 0.15) is 13.2 Å². The quantitative estimate of drug-likeness (QED) is 0.0344. The first-order chi connectivity index (χ1) is 31.2. The maximum atomic E-state index is 12.8. The van der Waals surface area contributed by atoms with Gasteiger partial charge in [0, 0.05) is 19.3 Å². The van der Waals surface area contributed by atoms with Gasteiger partial charge < -0.3 is 14.2 Å². The van der Waals surface area contributed by atoms with E-state index in [0.717, 1.165) is 69.6 Å². The Kier molecular flexibility index (Phi) is 49.6. The molecule has 0 aliphatic rings. The van der Waals surface area contributed by atoms with E-state index in [1.54, 1.807) is 0 Å². The molecule has 0 rings (SSSR count). The molecule has 0 fully saturated rings. The molecular formula is C58H112O6. The molecule has 0 aromatic rings. The lowest BCUT2D eigenvalue weighted by molar-refractivity contribution is -0.167. The van der Waals surface area contributed by atoms with Gasteiger partial charge in [0.05, 0.1) is 0 Å². The van der Waals surface area contributed by atoms with Gasteiger partial charge in [-0.3, -0.25) is 14.4 Å². The Hall–Kier alpha value is -1.59. The minimum absolute atomic E-state index is 0.0631. The molecule has 6 nitrogen and oxygen atoms in total. The van der Waals surface area contributed by atoms with Crippen molar-refractivity contribution in [1.82, 2.24) is 0 Å². The third-order valence-electron chi connectivity index (χ3n) is 13.2. The lowest BCUT2D eigenvalue weighted by Crippen LogP contribution is -2.30. The first kappa shape index (κ1) is 62.4. The van der Waals surface area contributed by atoms with Crippen molar-refractivity contribution in [1.29, 1.82) is 0 Å². The average Bonchev–Trinajstić information content (AvgIpc) is 3.27. The fourth-order valence-corrected chi connectivity index (χ4v) is 8.87. The summed E-state index contributed by atoms with van der Waals surface area (Å²) < 4.78 is 16.9. The minimum atomic E-state index is -0.762. The summed E-state index contributed by atoms with van der Waals surface area (Å²) in [6, 6.07) is 0. The van der Waals surface area contributed by atoms with E-state index in [4.69, 9.17) is 14.2 Å². The van der Waals surface area contributed by atoms with E-state index in [1.807, 2.05) is 0 Å².